The molecule has 2 aliphatic heterocycles. The van der Waals surface area contributed by atoms with Gasteiger partial charge in [0, 0.05) is 31.1 Å². The highest BCUT2D eigenvalue weighted by molar-refractivity contribution is 7.90. The van der Waals surface area contributed by atoms with Gasteiger partial charge in [0.05, 0.1) is 4.90 Å². The molecule has 2 aliphatic rings. The van der Waals surface area contributed by atoms with E-state index in [0.717, 1.165) is 18.9 Å². The summed E-state index contributed by atoms with van der Waals surface area (Å²) in [6.45, 7) is 2.22. The van der Waals surface area contributed by atoms with Gasteiger partial charge in [-0.2, -0.15) is 4.52 Å². The quantitative estimate of drug-likeness (QED) is 0.712. The predicted octanol–water partition coefficient (Wildman–Crippen LogP) is 0.299. The number of benzene rings is 1. The van der Waals surface area contributed by atoms with Gasteiger partial charge in [-0.3, -0.25) is 9.71 Å². The molecule has 0 aliphatic carbocycles. The fourth-order valence-electron chi connectivity index (χ4n) is 3.23. The van der Waals surface area contributed by atoms with Crippen molar-refractivity contribution in [3.05, 3.63) is 48.3 Å². The molecule has 0 saturated carbocycles. The van der Waals surface area contributed by atoms with Crippen molar-refractivity contribution in [3.63, 3.8) is 0 Å². The Morgan fingerprint density at radius 2 is 2.04 bits per heavy atom. The van der Waals surface area contributed by atoms with Gasteiger partial charge in [0.1, 0.15) is 18.0 Å². The van der Waals surface area contributed by atoms with E-state index in [1.807, 2.05) is 18.2 Å². The SMILES string of the molecule is O=S1(=O)NC(=NCC2CN(c3ccc4nncn4n3)C2)c2ccccc21. The van der Waals surface area contributed by atoms with Crippen molar-refractivity contribution in [1.29, 1.82) is 0 Å². The molecule has 1 aromatic carbocycles. The van der Waals surface area contributed by atoms with E-state index in [9.17, 15) is 8.42 Å². The first kappa shape index (κ1) is 15.3. The molecule has 1 N–H and O–H groups in total. The lowest BCUT2D eigenvalue weighted by Gasteiger charge is -2.39. The smallest absolute Gasteiger partial charge is 0.263 e. The van der Waals surface area contributed by atoms with E-state index < -0.39 is 10.0 Å². The summed E-state index contributed by atoms with van der Waals surface area (Å²) in [4.78, 5) is 6.95. The topological polar surface area (TPSA) is 105 Å². The monoisotopic (exact) mass is 369 g/mol. The first-order valence-corrected chi connectivity index (χ1v) is 9.67. The van der Waals surface area contributed by atoms with Crippen molar-refractivity contribution in [1.82, 2.24) is 24.5 Å². The molecule has 0 atom stereocenters. The Morgan fingerprint density at radius 1 is 1.19 bits per heavy atom. The van der Waals surface area contributed by atoms with Gasteiger partial charge < -0.3 is 4.90 Å². The van der Waals surface area contributed by atoms with Gasteiger partial charge in [0.25, 0.3) is 10.0 Å². The van der Waals surface area contributed by atoms with Crippen LogP contribution in [0.25, 0.3) is 5.65 Å². The van der Waals surface area contributed by atoms with Crippen molar-refractivity contribution >= 4 is 27.3 Å². The number of amidine groups is 1. The summed E-state index contributed by atoms with van der Waals surface area (Å²) >= 11 is 0. The molecule has 1 saturated heterocycles. The number of hydrogen-bond donors (Lipinski definition) is 1. The molecule has 1 fully saturated rings. The molecule has 0 radical (unpaired) electrons. The van der Waals surface area contributed by atoms with Crippen LogP contribution in [0.5, 0.6) is 0 Å². The van der Waals surface area contributed by atoms with E-state index in [1.54, 1.807) is 29.0 Å². The molecule has 10 heteroatoms. The summed E-state index contributed by atoms with van der Waals surface area (Å²) in [6.07, 6.45) is 1.58. The molecule has 5 rings (SSSR count). The zero-order valence-electron chi connectivity index (χ0n) is 13.6. The molecule has 9 nitrogen and oxygen atoms in total. The number of sulfonamides is 1. The lowest BCUT2D eigenvalue weighted by Crippen LogP contribution is -2.48. The van der Waals surface area contributed by atoms with Crippen LogP contribution in [0.1, 0.15) is 5.56 Å². The zero-order chi connectivity index (χ0) is 17.7. The predicted molar refractivity (Wildman–Crippen MR) is 94.7 cm³/mol. The number of hydrogen-bond acceptors (Lipinski definition) is 7. The van der Waals surface area contributed by atoms with E-state index in [0.29, 0.717) is 34.4 Å². The van der Waals surface area contributed by atoms with Crippen LogP contribution in [0.3, 0.4) is 0 Å². The minimum atomic E-state index is -3.48. The minimum absolute atomic E-state index is 0.292. The number of aromatic nitrogens is 4. The van der Waals surface area contributed by atoms with Gasteiger partial charge >= 0.3 is 0 Å². The number of rotatable bonds is 3. The van der Waals surface area contributed by atoms with Crippen LogP contribution in [0.4, 0.5) is 5.82 Å². The maximum Gasteiger partial charge on any atom is 0.263 e. The van der Waals surface area contributed by atoms with E-state index >= 15 is 0 Å². The van der Waals surface area contributed by atoms with Crippen LogP contribution in [0.15, 0.2) is 52.6 Å². The van der Waals surface area contributed by atoms with Crippen molar-refractivity contribution in [2.75, 3.05) is 24.5 Å². The molecule has 0 spiro atoms. The number of fused-ring (bicyclic) bond motifs is 2. The second-order valence-corrected chi connectivity index (χ2v) is 8.04. The summed E-state index contributed by atoms with van der Waals surface area (Å²) in [5.74, 6) is 1.66. The van der Waals surface area contributed by atoms with E-state index in [2.05, 4.69) is 29.9 Å². The average Bonchev–Trinajstić information content (AvgIpc) is 3.16. The Labute approximate surface area is 149 Å². The van der Waals surface area contributed by atoms with Crippen LogP contribution in [-0.2, 0) is 10.0 Å². The summed E-state index contributed by atoms with van der Waals surface area (Å²) in [6, 6.07) is 10.7. The molecular formula is C16H15N7O2S. The van der Waals surface area contributed by atoms with Crippen LogP contribution in [0, 0.1) is 5.92 Å². The molecule has 132 valence electrons. The summed E-state index contributed by atoms with van der Waals surface area (Å²) in [5, 5.41) is 12.2. The maximum atomic E-state index is 12.1. The van der Waals surface area contributed by atoms with Crippen molar-refractivity contribution < 1.29 is 8.42 Å². The Kier molecular flexibility index (Phi) is 3.23. The Bertz CT molecular complexity index is 1130. The number of anilines is 1. The van der Waals surface area contributed by atoms with E-state index in [-0.39, 0.29) is 0 Å². The maximum absolute atomic E-state index is 12.1. The highest BCUT2D eigenvalue weighted by atomic mass is 32.2. The highest BCUT2D eigenvalue weighted by Crippen LogP contribution is 2.25. The lowest BCUT2D eigenvalue weighted by molar-refractivity contribution is 0.416. The first-order valence-electron chi connectivity index (χ1n) is 8.19. The molecule has 0 amide bonds. The van der Waals surface area contributed by atoms with Crippen molar-refractivity contribution in [3.8, 4) is 0 Å². The fourth-order valence-corrected chi connectivity index (χ4v) is 4.48. The Morgan fingerprint density at radius 3 is 2.92 bits per heavy atom. The third kappa shape index (κ3) is 2.41. The normalized spacial score (nSPS) is 20.2. The molecule has 0 unspecified atom stereocenters. The van der Waals surface area contributed by atoms with Crippen molar-refractivity contribution in [2.24, 2.45) is 10.9 Å². The highest BCUT2D eigenvalue weighted by Gasteiger charge is 2.32. The van der Waals surface area contributed by atoms with Gasteiger partial charge in [-0.25, -0.2) is 8.42 Å². The van der Waals surface area contributed by atoms with Gasteiger partial charge in [-0.15, -0.1) is 15.3 Å². The zero-order valence-corrected chi connectivity index (χ0v) is 14.5. The summed E-state index contributed by atoms with van der Waals surface area (Å²) in [5.41, 5.74) is 1.35. The lowest BCUT2D eigenvalue weighted by atomic mass is 10.0. The van der Waals surface area contributed by atoms with Gasteiger partial charge in [0.2, 0.25) is 0 Å². The number of aliphatic imine (C=N–C) groups is 1. The second-order valence-electron chi connectivity index (χ2n) is 6.39. The van der Waals surface area contributed by atoms with Gasteiger partial charge in [-0.05, 0) is 24.3 Å². The molecule has 4 heterocycles. The van der Waals surface area contributed by atoms with E-state index in [1.165, 1.54) is 0 Å². The molecule has 3 aromatic rings. The third-order valence-electron chi connectivity index (χ3n) is 4.60. The van der Waals surface area contributed by atoms with Crippen LogP contribution in [0.2, 0.25) is 0 Å². The number of nitrogens with one attached hydrogen (secondary N) is 1. The molecule has 2 aromatic heterocycles. The largest absolute Gasteiger partial charge is 0.354 e. The molecule has 26 heavy (non-hydrogen) atoms. The van der Waals surface area contributed by atoms with Crippen LogP contribution in [-0.4, -0.2) is 53.7 Å². The third-order valence-corrected chi connectivity index (χ3v) is 6.00. The minimum Gasteiger partial charge on any atom is -0.354 e. The van der Waals surface area contributed by atoms with Crippen molar-refractivity contribution in [2.45, 2.75) is 4.90 Å². The fraction of sp³-hybridized carbons (Fsp3) is 0.250. The summed E-state index contributed by atoms with van der Waals surface area (Å²) < 4.78 is 28.4. The number of nitrogens with zero attached hydrogens (tertiary/aromatic N) is 6. The van der Waals surface area contributed by atoms with Crippen LogP contribution < -0.4 is 9.62 Å². The average molecular weight is 369 g/mol. The first-order chi connectivity index (χ1) is 12.6. The van der Waals surface area contributed by atoms with Crippen LogP contribution >= 0.6 is 0 Å². The Balaban J connectivity index is 1.27. The van der Waals surface area contributed by atoms with Gasteiger partial charge in [0.15, 0.2) is 5.65 Å². The standard InChI is InChI=1S/C16H15N7O2S/c24-26(25)13-4-2-1-3-12(13)16(21-26)17-7-11-8-22(9-11)15-6-5-14-19-18-10-23(14)20-15/h1-6,10-11H,7-9H2,(H,17,21). The molecular weight excluding hydrogens is 354 g/mol. The Hall–Kier alpha value is -3.01. The van der Waals surface area contributed by atoms with Gasteiger partial charge in [-0.1, -0.05) is 12.1 Å². The van der Waals surface area contributed by atoms with E-state index in [4.69, 9.17) is 0 Å². The summed E-state index contributed by atoms with van der Waals surface area (Å²) in [7, 11) is -3.48. The molecule has 0 bridgehead atoms. The second kappa shape index (κ2) is 5.49.